The summed E-state index contributed by atoms with van der Waals surface area (Å²) in [7, 11) is 0. The van der Waals surface area contributed by atoms with Crippen LogP contribution < -0.4 is 5.32 Å². The molecular weight excluding hydrogens is 232 g/mol. The third kappa shape index (κ3) is 2.94. The van der Waals surface area contributed by atoms with Gasteiger partial charge in [-0.2, -0.15) is 0 Å². The molecule has 0 bridgehead atoms. The van der Waals surface area contributed by atoms with Crippen molar-refractivity contribution in [3.8, 4) is 5.88 Å². The molecule has 0 saturated carbocycles. The summed E-state index contributed by atoms with van der Waals surface area (Å²) in [5.74, 6) is 0.0967. The van der Waals surface area contributed by atoms with E-state index >= 15 is 0 Å². The van der Waals surface area contributed by atoms with Crippen LogP contribution in [0.4, 0.5) is 10.5 Å². The fourth-order valence-corrected chi connectivity index (χ4v) is 1.61. The number of nitrogens with one attached hydrogen (secondary N) is 2. The number of anilines is 1. The fourth-order valence-electron chi connectivity index (χ4n) is 1.61. The fraction of sp³-hybridized carbons (Fsp3) is 0.308. The molecule has 1 heterocycles. The smallest absolute Gasteiger partial charge is 0.412 e. The predicted molar refractivity (Wildman–Crippen MR) is 69.8 cm³/mol. The van der Waals surface area contributed by atoms with E-state index in [2.05, 4.69) is 10.3 Å². The molecule has 0 aliphatic carbocycles. The van der Waals surface area contributed by atoms with E-state index in [-0.39, 0.29) is 5.88 Å². The average molecular weight is 248 g/mol. The first-order valence-electron chi connectivity index (χ1n) is 5.65. The number of carbonyl (C=O) groups is 1. The maximum Gasteiger partial charge on any atom is 0.412 e. The van der Waals surface area contributed by atoms with Crippen molar-refractivity contribution in [2.45, 2.75) is 26.4 Å². The topological polar surface area (TPSA) is 74.3 Å². The standard InChI is InChI=1S/C13H16N2O3/c1-13(2,3)18-12(17)14-9-5-4-8-6-11(16)15-10(8)7-9/h4-7,15-16H,1-3H3,(H,14,17). The van der Waals surface area contributed by atoms with Crippen LogP contribution in [0, 0.1) is 0 Å². The lowest BCUT2D eigenvalue weighted by molar-refractivity contribution is 0.0636. The van der Waals surface area contributed by atoms with Gasteiger partial charge in [0.15, 0.2) is 5.88 Å². The van der Waals surface area contributed by atoms with Crippen molar-refractivity contribution in [1.29, 1.82) is 0 Å². The van der Waals surface area contributed by atoms with Gasteiger partial charge in [0, 0.05) is 17.1 Å². The van der Waals surface area contributed by atoms with Crippen LogP contribution in [0.3, 0.4) is 0 Å². The Balaban J connectivity index is 2.14. The van der Waals surface area contributed by atoms with Gasteiger partial charge in [0.1, 0.15) is 5.60 Å². The molecule has 0 spiro atoms. The molecule has 1 aromatic heterocycles. The number of hydrogen-bond acceptors (Lipinski definition) is 3. The molecule has 3 N–H and O–H groups in total. The predicted octanol–water partition coefficient (Wildman–Crippen LogP) is 3.22. The molecule has 2 rings (SSSR count). The number of hydrogen-bond donors (Lipinski definition) is 3. The summed E-state index contributed by atoms with van der Waals surface area (Å²) < 4.78 is 5.15. The summed E-state index contributed by atoms with van der Waals surface area (Å²) in [6.45, 7) is 5.41. The number of rotatable bonds is 1. The highest BCUT2D eigenvalue weighted by molar-refractivity contribution is 5.90. The Morgan fingerprint density at radius 2 is 2.06 bits per heavy atom. The van der Waals surface area contributed by atoms with Gasteiger partial charge in [0.25, 0.3) is 0 Å². The van der Waals surface area contributed by atoms with E-state index in [0.29, 0.717) is 5.69 Å². The normalized spacial score (nSPS) is 11.5. The quantitative estimate of drug-likeness (QED) is 0.725. The molecule has 18 heavy (non-hydrogen) atoms. The molecular formula is C13H16N2O3. The summed E-state index contributed by atoms with van der Waals surface area (Å²) in [5.41, 5.74) is 0.832. The van der Waals surface area contributed by atoms with Crippen LogP contribution in [0.1, 0.15) is 20.8 Å². The van der Waals surface area contributed by atoms with Crippen LogP contribution in [-0.2, 0) is 4.74 Å². The number of benzene rings is 1. The van der Waals surface area contributed by atoms with Crippen molar-refractivity contribution in [2.24, 2.45) is 0 Å². The number of amides is 1. The van der Waals surface area contributed by atoms with Gasteiger partial charge in [-0.3, -0.25) is 5.32 Å². The number of aromatic nitrogens is 1. The zero-order valence-corrected chi connectivity index (χ0v) is 10.6. The molecule has 2 aromatic rings. The minimum absolute atomic E-state index is 0.0967. The Morgan fingerprint density at radius 3 is 2.72 bits per heavy atom. The van der Waals surface area contributed by atoms with Crippen molar-refractivity contribution < 1.29 is 14.6 Å². The molecule has 5 heteroatoms. The lowest BCUT2D eigenvalue weighted by Gasteiger charge is -2.19. The molecule has 1 aromatic carbocycles. The first-order chi connectivity index (χ1) is 8.33. The van der Waals surface area contributed by atoms with Gasteiger partial charge >= 0.3 is 6.09 Å². The Kier molecular flexibility index (Phi) is 2.90. The number of carbonyl (C=O) groups excluding carboxylic acids is 1. The van der Waals surface area contributed by atoms with Gasteiger partial charge < -0.3 is 14.8 Å². The Labute approximate surface area is 105 Å². The Bertz CT molecular complexity index is 581. The minimum Gasteiger partial charge on any atom is -0.495 e. The van der Waals surface area contributed by atoms with Gasteiger partial charge in [-0.15, -0.1) is 0 Å². The van der Waals surface area contributed by atoms with Gasteiger partial charge in [-0.1, -0.05) is 6.07 Å². The van der Waals surface area contributed by atoms with E-state index in [0.717, 1.165) is 10.9 Å². The minimum atomic E-state index is -0.529. The molecule has 0 aliphatic rings. The third-order valence-corrected chi connectivity index (χ3v) is 2.25. The molecule has 5 nitrogen and oxygen atoms in total. The summed E-state index contributed by atoms with van der Waals surface area (Å²) in [4.78, 5) is 14.4. The van der Waals surface area contributed by atoms with Crippen molar-refractivity contribution in [3.63, 3.8) is 0 Å². The Morgan fingerprint density at radius 1 is 1.33 bits per heavy atom. The first kappa shape index (κ1) is 12.3. The zero-order valence-electron chi connectivity index (χ0n) is 10.6. The Hall–Kier alpha value is -2.17. The number of aromatic hydroxyl groups is 1. The van der Waals surface area contributed by atoms with Gasteiger partial charge in [-0.05, 0) is 32.9 Å². The first-order valence-corrected chi connectivity index (χ1v) is 5.65. The van der Waals surface area contributed by atoms with Gasteiger partial charge in [0.05, 0.1) is 5.52 Å². The van der Waals surface area contributed by atoms with Crippen LogP contribution in [0.25, 0.3) is 10.9 Å². The molecule has 0 atom stereocenters. The van der Waals surface area contributed by atoms with E-state index in [1.54, 1.807) is 45.0 Å². The van der Waals surface area contributed by atoms with Gasteiger partial charge in [-0.25, -0.2) is 4.79 Å². The van der Waals surface area contributed by atoms with Crippen LogP contribution in [-0.4, -0.2) is 21.8 Å². The van der Waals surface area contributed by atoms with Crippen LogP contribution in [0.15, 0.2) is 24.3 Å². The summed E-state index contributed by atoms with van der Waals surface area (Å²) in [6.07, 6.45) is -0.502. The third-order valence-electron chi connectivity index (χ3n) is 2.25. The number of aromatic amines is 1. The second-order valence-electron chi connectivity index (χ2n) is 5.08. The lowest BCUT2D eigenvalue weighted by Crippen LogP contribution is -2.27. The van der Waals surface area contributed by atoms with E-state index < -0.39 is 11.7 Å². The van der Waals surface area contributed by atoms with E-state index in [4.69, 9.17) is 4.74 Å². The summed E-state index contributed by atoms with van der Waals surface area (Å²) in [5, 5.41) is 12.8. The van der Waals surface area contributed by atoms with Crippen molar-refractivity contribution >= 4 is 22.7 Å². The van der Waals surface area contributed by atoms with E-state index in [1.807, 2.05) is 0 Å². The van der Waals surface area contributed by atoms with Crippen LogP contribution in [0.2, 0.25) is 0 Å². The molecule has 0 saturated heterocycles. The largest absolute Gasteiger partial charge is 0.495 e. The molecule has 1 amide bonds. The maximum absolute atomic E-state index is 11.6. The maximum atomic E-state index is 11.6. The molecule has 0 radical (unpaired) electrons. The van der Waals surface area contributed by atoms with Crippen molar-refractivity contribution in [3.05, 3.63) is 24.3 Å². The lowest BCUT2D eigenvalue weighted by atomic mass is 10.2. The van der Waals surface area contributed by atoms with Crippen LogP contribution >= 0.6 is 0 Å². The summed E-state index contributed by atoms with van der Waals surface area (Å²) in [6, 6.07) is 6.91. The average Bonchev–Trinajstić information content (AvgIpc) is 2.53. The molecule has 0 aliphatic heterocycles. The highest BCUT2D eigenvalue weighted by Crippen LogP contribution is 2.23. The second kappa shape index (κ2) is 4.25. The van der Waals surface area contributed by atoms with E-state index in [9.17, 15) is 9.90 Å². The van der Waals surface area contributed by atoms with Crippen LogP contribution in [0.5, 0.6) is 5.88 Å². The second-order valence-corrected chi connectivity index (χ2v) is 5.08. The number of fused-ring (bicyclic) bond motifs is 1. The number of H-pyrrole nitrogens is 1. The molecule has 96 valence electrons. The highest BCUT2D eigenvalue weighted by Gasteiger charge is 2.16. The van der Waals surface area contributed by atoms with Crippen molar-refractivity contribution in [2.75, 3.05) is 5.32 Å². The monoisotopic (exact) mass is 248 g/mol. The van der Waals surface area contributed by atoms with E-state index in [1.165, 1.54) is 0 Å². The summed E-state index contributed by atoms with van der Waals surface area (Å²) >= 11 is 0. The zero-order chi connectivity index (χ0) is 13.3. The van der Waals surface area contributed by atoms with Gasteiger partial charge in [0.2, 0.25) is 0 Å². The van der Waals surface area contributed by atoms with Crippen molar-refractivity contribution in [1.82, 2.24) is 4.98 Å². The highest BCUT2D eigenvalue weighted by atomic mass is 16.6. The molecule has 0 unspecified atom stereocenters. The number of ether oxygens (including phenoxy) is 1. The molecule has 0 fully saturated rings. The SMILES string of the molecule is CC(C)(C)OC(=O)Nc1ccc2cc(O)[nH]c2c1.